The number of aromatic nitrogens is 2. The van der Waals surface area contributed by atoms with Gasteiger partial charge in [0.1, 0.15) is 5.82 Å². The van der Waals surface area contributed by atoms with Crippen molar-refractivity contribution in [3.8, 4) is 0 Å². The molecule has 1 saturated heterocycles. The average Bonchev–Trinajstić information content (AvgIpc) is 2.52. The van der Waals surface area contributed by atoms with Gasteiger partial charge in [0.2, 0.25) is 0 Å². The van der Waals surface area contributed by atoms with Crippen LogP contribution in [0.2, 0.25) is 0 Å². The van der Waals surface area contributed by atoms with Crippen molar-refractivity contribution >= 4 is 11.7 Å². The van der Waals surface area contributed by atoms with Crippen molar-refractivity contribution < 1.29 is 4.79 Å². The Bertz CT molecular complexity index is 412. The van der Waals surface area contributed by atoms with E-state index < -0.39 is 0 Å². The molecule has 1 N–H and O–H groups in total. The largest absolute Gasteiger partial charge is 0.369 e. The fourth-order valence-corrected chi connectivity index (χ4v) is 2.39. The van der Waals surface area contributed by atoms with Gasteiger partial charge in [0.15, 0.2) is 5.69 Å². The minimum absolute atomic E-state index is 0.00901. The maximum Gasteiger partial charge on any atom is 0.274 e. The van der Waals surface area contributed by atoms with Crippen LogP contribution in [-0.2, 0) is 0 Å². The number of anilines is 1. The summed E-state index contributed by atoms with van der Waals surface area (Å²) < 4.78 is 0. The number of hydrogen-bond acceptors (Lipinski definition) is 4. The molecule has 110 valence electrons. The zero-order valence-corrected chi connectivity index (χ0v) is 12.3. The second kappa shape index (κ2) is 7.82. The lowest BCUT2D eigenvalue weighted by Gasteiger charge is -2.26. The number of rotatable bonds is 6. The third-order valence-electron chi connectivity index (χ3n) is 3.61. The van der Waals surface area contributed by atoms with E-state index in [1.54, 1.807) is 6.07 Å². The van der Waals surface area contributed by atoms with Crippen LogP contribution >= 0.6 is 0 Å². The number of hydrogen-bond donors (Lipinski definition) is 1. The van der Waals surface area contributed by atoms with Crippen LogP contribution in [0.25, 0.3) is 0 Å². The molecule has 1 aromatic rings. The van der Waals surface area contributed by atoms with Gasteiger partial charge in [-0.3, -0.25) is 4.79 Å². The molecule has 2 heterocycles. The molecule has 0 aromatic carbocycles. The first-order chi connectivity index (χ1) is 9.81. The molecule has 1 amide bonds. The van der Waals surface area contributed by atoms with Gasteiger partial charge < -0.3 is 10.2 Å². The minimum Gasteiger partial charge on any atom is -0.369 e. The summed E-state index contributed by atoms with van der Waals surface area (Å²) in [5.41, 5.74) is 0.450. The molecular formula is C15H24N4O. The summed E-state index contributed by atoms with van der Waals surface area (Å²) in [5, 5.41) is 11.4. The van der Waals surface area contributed by atoms with Crippen molar-refractivity contribution in [1.82, 2.24) is 15.1 Å². The second-order valence-corrected chi connectivity index (χ2v) is 5.29. The summed E-state index contributed by atoms with van der Waals surface area (Å²) in [6, 6.07) is 3.61. The Morgan fingerprint density at radius 2 is 2.00 bits per heavy atom. The molecule has 5 nitrogen and oxygen atoms in total. The number of nitrogens with zero attached hydrogens (tertiary/aromatic N) is 3. The fraction of sp³-hybridized carbons (Fsp3) is 0.667. The predicted molar refractivity (Wildman–Crippen MR) is 79.8 cm³/mol. The Morgan fingerprint density at radius 3 is 2.65 bits per heavy atom. The number of unbranched alkanes of at least 4 members (excludes halogenated alkanes) is 2. The van der Waals surface area contributed by atoms with Crippen LogP contribution in [-0.4, -0.2) is 40.6 Å². The van der Waals surface area contributed by atoms with Gasteiger partial charge in [-0.15, -0.1) is 10.2 Å². The molecule has 0 atom stereocenters. The number of likely N-dealkylation sites (tertiary alicyclic amines) is 1. The number of carbonyl (C=O) groups excluding carboxylic acids is 1. The van der Waals surface area contributed by atoms with Gasteiger partial charge in [-0.25, -0.2) is 0 Å². The van der Waals surface area contributed by atoms with Crippen molar-refractivity contribution in [1.29, 1.82) is 0 Å². The van der Waals surface area contributed by atoms with Crippen LogP contribution in [0.3, 0.4) is 0 Å². The van der Waals surface area contributed by atoms with E-state index in [0.717, 1.165) is 44.7 Å². The molecule has 0 spiro atoms. The normalized spacial score (nSPS) is 15.2. The Kier molecular flexibility index (Phi) is 5.77. The van der Waals surface area contributed by atoms with Gasteiger partial charge in [-0.05, 0) is 37.8 Å². The van der Waals surface area contributed by atoms with E-state index >= 15 is 0 Å². The van der Waals surface area contributed by atoms with Crippen LogP contribution in [0, 0.1) is 0 Å². The van der Waals surface area contributed by atoms with Crippen LogP contribution in [0.15, 0.2) is 12.1 Å². The van der Waals surface area contributed by atoms with E-state index in [2.05, 4.69) is 22.4 Å². The smallest absolute Gasteiger partial charge is 0.274 e. The van der Waals surface area contributed by atoms with Crippen molar-refractivity contribution in [2.24, 2.45) is 0 Å². The van der Waals surface area contributed by atoms with Crippen LogP contribution in [0.4, 0.5) is 5.82 Å². The fourth-order valence-electron chi connectivity index (χ4n) is 2.39. The lowest BCUT2D eigenvalue weighted by molar-refractivity contribution is 0.0717. The maximum absolute atomic E-state index is 12.2. The number of amides is 1. The molecule has 2 rings (SSSR count). The van der Waals surface area contributed by atoms with E-state index in [-0.39, 0.29) is 5.91 Å². The lowest BCUT2D eigenvalue weighted by atomic mass is 10.1. The highest BCUT2D eigenvalue weighted by Crippen LogP contribution is 2.12. The van der Waals surface area contributed by atoms with Crippen LogP contribution in [0.1, 0.15) is 55.9 Å². The quantitative estimate of drug-likeness (QED) is 0.812. The van der Waals surface area contributed by atoms with Crippen molar-refractivity contribution in [3.05, 3.63) is 17.8 Å². The second-order valence-electron chi connectivity index (χ2n) is 5.29. The predicted octanol–water partition coefficient (Wildman–Crippen LogP) is 2.70. The summed E-state index contributed by atoms with van der Waals surface area (Å²) in [6.45, 7) is 4.78. The summed E-state index contributed by atoms with van der Waals surface area (Å²) >= 11 is 0. The first-order valence-corrected chi connectivity index (χ1v) is 7.68. The standard InChI is InChI=1S/C15H24N4O/c1-2-3-5-10-16-14-9-8-13(17-18-14)15(20)19-11-6-4-7-12-19/h8-9H,2-7,10-12H2,1H3,(H,16,18). The zero-order valence-electron chi connectivity index (χ0n) is 12.3. The molecule has 20 heavy (non-hydrogen) atoms. The summed E-state index contributed by atoms with van der Waals surface area (Å²) in [7, 11) is 0. The van der Waals surface area contributed by atoms with Crippen molar-refractivity contribution in [2.45, 2.75) is 45.4 Å². The molecule has 0 saturated carbocycles. The SMILES string of the molecule is CCCCCNc1ccc(C(=O)N2CCCCC2)nn1. The summed E-state index contributed by atoms with van der Waals surface area (Å²) in [4.78, 5) is 14.1. The summed E-state index contributed by atoms with van der Waals surface area (Å²) in [6.07, 6.45) is 6.96. The van der Waals surface area contributed by atoms with E-state index in [0.29, 0.717) is 5.69 Å². The molecule has 1 aliphatic heterocycles. The third kappa shape index (κ3) is 4.18. The van der Waals surface area contributed by atoms with E-state index in [4.69, 9.17) is 0 Å². The number of carbonyl (C=O) groups is 1. The molecule has 0 aliphatic carbocycles. The Morgan fingerprint density at radius 1 is 1.20 bits per heavy atom. The monoisotopic (exact) mass is 276 g/mol. The van der Waals surface area contributed by atoms with Gasteiger partial charge in [0.25, 0.3) is 5.91 Å². The molecule has 0 bridgehead atoms. The zero-order chi connectivity index (χ0) is 14.2. The van der Waals surface area contributed by atoms with Gasteiger partial charge in [-0.2, -0.15) is 0 Å². The topological polar surface area (TPSA) is 58.1 Å². The number of piperidine rings is 1. The molecule has 1 aliphatic rings. The van der Waals surface area contributed by atoms with Gasteiger partial charge in [0, 0.05) is 19.6 Å². The van der Waals surface area contributed by atoms with E-state index in [1.807, 2.05) is 11.0 Å². The molecule has 0 unspecified atom stereocenters. The minimum atomic E-state index is 0.00901. The Hall–Kier alpha value is -1.65. The van der Waals surface area contributed by atoms with Crippen molar-refractivity contribution in [3.63, 3.8) is 0 Å². The Labute approximate surface area is 120 Å². The maximum atomic E-state index is 12.2. The van der Waals surface area contributed by atoms with Crippen LogP contribution < -0.4 is 5.32 Å². The number of nitrogens with one attached hydrogen (secondary N) is 1. The van der Waals surface area contributed by atoms with E-state index in [1.165, 1.54) is 19.3 Å². The highest BCUT2D eigenvalue weighted by molar-refractivity contribution is 5.92. The van der Waals surface area contributed by atoms with E-state index in [9.17, 15) is 4.79 Å². The molecule has 0 radical (unpaired) electrons. The molecular weight excluding hydrogens is 252 g/mol. The van der Waals surface area contributed by atoms with Crippen LogP contribution in [0.5, 0.6) is 0 Å². The first kappa shape index (κ1) is 14.8. The molecule has 1 aromatic heterocycles. The first-order valence-electron chi connectivity index (χ1n) is 7.68. The van der Waals surface area contributed by atoms with Gasteiger partial charge >= 0.3 is 0 Å². The lowest BCUT2D eigenvalue weighted by Crippen LogP contribution is -2.36. The summed E-state index contributed by atoms with van der Waals surface area (Å²) in [5.74, 6) is 0.756. The Balaban J connectivity index is 1.85. The molecule has 5 heteroatoms. The van der Waals surface area contributed by atoms with Crippen molar-refractivity contribution in [2.75, 3.05) is 25.0 Å². The molecule has 1 fully saturated rings. The highest BCUT2D eigenvalue weighted by Gasteiger charge is 2.19. The van der Waals surface area contributed by atoms with Gasteiger partial charge in [0.05, 0.1) is 0 Å². The highest BCUT2D eigenvalue weighted by atomic mass is 16.2. The van der Waals surface area contributed by atoms with Gasteiger partial charge in [-0.1, -0.05) is 19.8 Å². The average molecular weight is 276 g/mol. The third-order valence-corrected chi connectivity index (χ3v) is 3.61.